The molecule has 1 aromatic heterocycles. The van der Waals surface area contributed by atoms with Gasteiger partial charge in [-0.3, -0.25) is 0 Å². The zero-order chi connectivity index (χ0) is 13.9. The van der Waals surface area contributed by atoms with Crippen molar-refractivity contribution in [2.75, 3.05) is 33.0 Å². The summed E-state index contributed by atoms with van der Waals surface area (Å²) in [6.45, 7) is 4.52. The molecule has 0 amide bonds. The molecule has 19 heavy (non-hydrogen) atoms. The molecule has 1 heterocycles. The van der Waals surface area contributed by atoms with Crippen LogP contribution in [-0.4, -0.2) is 53.4 Å². The molecule has 0 spiro atoms. The molecule has 0 aromatic carbocycles. The molecule has 0 saturated carbocycles. The predicted octanol–water partition coefficient (Wildman–Crippen LogP) is 1.28. The first-order chi connectivity index (χ1) is 9.27. The maximum atomic E-state index is 8.45. The van der Waals surface area contributed by atoms with Gasteiger partial charge in [0.25, 0.3) is 0 Å². The number of oxime groups is 1. The molecular weight excluding hydrogens is 274 g/mol. The highest BCUT2D eigenvalue weighted by atomic mass is 35.5. The van der Waals surface area contributed by atoms with Crippen LogP contribution >= 0.6 is 11.6 Å². The van der Waals surface area contributed by atoms with Gasteiger partial charge >= 0.3 is 0 Å². The monoisotopic (exact) mass is 289 g/mol. The number of ether oxygens (including phenoxy) is 3. The van der Waals surface area contributed by atoms with E-state index in [1.54, 1.807) is 0 Å². The molecule has 0 unspecified atom stereocenters. The van der Waals surface area contributed by atoms with E-state index >= 15 is 0 Å². The molecule has 0 aliphatic rings. The number of nitrogens with zero attached hydrogens (tertiary/aromatic N) is 3. The van der Waals surface area contributed by atoms with Gasteiger partial charge in [-0.15, -0.1) is 0 Å². The van der Waals surface area contributed by atoms with E-state index in [1.165, 1.54) is 12.4 Å². The molecule has 0 radical (unpaired) electrons. The summed E-state index contributed by atoms with van der Waals surface area (Å²) in [7, 11) is 0. The van der Waals surface area contributed by atoms with Crippen molar-refractivity contribution in [3.8, 4) is 5.88 Å². The summed E-state index contributed by atoms with van der Waals surface area (Å²) in [6, 6.07) is 0. The second-order valence-electron chi connectivity index (χ2n) is 3.29. The third-order valence-corrected chi connectivity index (χ3v) is 2.25. The molecule has 1 N–H and O–H groups in total. The average Bonchev–Trinajstić information content (AvgIpc) is 2.46. The molecule has 8 heteroatoms. The molecule has 0 aliphatic heterocycles. The molecule has 0 atom stereocenters. The van der Waals surface area contributed by atoms with Gasteiger partial charge in [0.05, 0.1) is 32.2 Å². The second kappa shape index (κ2) is 9.48. The molecule has 1 aromatic rings. The van der Waals surface area contributed by atoms with Gasteiger partial charge in [0.1, 0.15) is 12.3 Å². The summed E-state index contributed by atoms with van der Waals surface area (Å²) in [5.74, 6) is 0.347. The second-order valence-corrected chi connectivity index (χ2v) is 3.65. The van der Waals surface area contributed by atoms with E-state index in [0.29, 0.717) is 38.9 Å². The van der Waals surface area contributed by atoms with Gasteiger partial charge in [-0.1, -0.05) is 16.8 Å². The molecule has 0 aliphatic carbocycles. The van der Waals surface area contributed by atoms with Gasteiger partial charge in [-0.05, 0) is 6.92 Å². The Labute approximate surface area is 116 Å². The minimum Gasteiger partial charge on any atom is -0.474 e. The van der Waals surface area contributed by atoms with Crippen LogP contribution < -0.4 is 4.74 Å². The van der Waals surface area contributed by atoms with E-state index < -0.39 is 0 Å². The van der Waals surface area contributed by atoms with Crippen LogP contribution in [0.2, 0.25) is 0 Å². The van der Waals surface area contributed by atoms with Crippen molar-refractivity contribution in [2.45, 2.75) is 6.92 Å². The van der Waals surface area contributed by atoms with Crippen LogP contribution in [0.5, 0.6) is 5.88 Å². The van der Waals surface area contributed by atoms with Crippen molar-refractivity contribution in [1.82, 2.24) is 9.97 Å². The third-order valence-electron chi connectivity index (χ3n) is 1.98. The highest BCUT2D eigenvalue weighted by molar-refractivity contribution is 6.69. The third kappa shape index (κ3) is 6.32. The Morgan fingerprint density at radius 1 is 1.21 bits per heavy atom. The van der Waals surface area contributed by atoms with Gasteiger partial charge in [-0.25, -0.2) is 9.97 Å². The molecule has 7 nitrogen and oxygen atoms in total. The fraction of sp³-hybridized carbons (Fsp3) is 0.545. The first-order valence-corrected chi connectivity index (χ1v) is 6.14. The van der Waals surface area contributed by atoms with Gasteiger partial charge in [-0.2, -0.15) is 0 Å². The number of halogens is 1. The normalized spacial score (nSPS) is 11.6. The SMILES string of the molecule is CCOCCOCCOc1cnc(/C(Cl)=N/O)cn1. The van der Waals surface area contributed by atoms with E-state index in [1.807, 2.05) is 6.92 Å². The van der Waals surface area contributed by atoms with Crippen molar-refractivity contribution >= 4 is 16.8 Å². The Morgan fingerprint density at radius 2 is 1.95 bits per heavy atom. The minimum absolute atomic E-state index is 0.127. The highest BCUT2D eigenvalue weighted by Crippen LogP contribution is 2.06. The summed E-state index contributed by atoms with van der Waals surface area (Å²) in [5, 5.41) is 11.1. The van der Waals surface area contributed by atoms with Crippen LogP contribution in [0.15, 0.2) is 17.5 Å². The Balaban J connectivity index is 2.19. The van der Waals surface area contributed by atoms with E-state index in [-0.39, 0.29) is 10.9 Å². The number of aromatic nitrogens is 2. The van der Waals surface area contributed by atoms with E-state index in [2.05, 4.69) is 15.1 Å². The van der Waals surface area contributed by atoms with Crippen molar-refractivity contribution < 1.29 is 19.4 Å². The zero-order valence-electron chi connectivity index (χ0n) is 10.6. The summed E-state index contributed by atoms with van der Waals surface area (Å²) < 4.78 is 15.7. The summed E-state index contributed by atoms with van der Waals surface area (Å²) in [5.41, 5.74) is 0.268. The van der Waals surface area contributed by atoms with Crippen molar-refractivity contribution in [3.05, 3.63) is 18.1 Å². The molecule has 0 bridgehead atoms. The maximum Gasteiger partial charge on any atom is 0.232 e. The smallest absolute Gasteiger partial charge is 0.232 e. The lowest BCUT2D eigenvalue weighted by atomic mass is 10.5. The molecule has 106 valence electrons. The largest absolute Gasteiger partial charge is 0.474 e. The topological polar surface area (TPSA) is 86.1 Å². The Bertz CT molecular complexity index is 386. The van der Waals surface area contributed by atoms with Gasteiger partial charge < -0.3 is 19.4 Å². The van der Waals surface area contributed by atoms with E-state index in [0.717, 1.165) is 0 Å². The maximum absolute atomic E-state index is 8.45. The fourth-order valence-corrected chi connectivity index (χ4v) is 1.22. The van der Waals surface area contributed by atoms with Crippen LogP contribution in [0.3, 0.4) is 0 Å². The van der Waals surface area contributed by atoms with Crippen LogP contribution in [0.4, 0.5) is 0 Å². The molecule has 1 rings (SSSR count). The van der Waals surface area contributed by atoms with Crippen LogP contribution in [-0.2, 0) is 9.47 Å². The summed E-state index contributed by atoms with van der Waals surface area (Å²) in [6.07, 6.45) is 2.75. The lowest BCUT2D eigenvalue weighted by molar-refractivity contribution is 0.0398. The summed E-state index contributed by atoms with van der Waals surface area (Å²) in [4.78, 5) is 7.87. The zero-order valence-corrected chi connectivity index (χ0v) is 11.3. The Morgan fingerprint density at radius 3 is 2.58 bits per heavy atom. The molecule has 0 saturated heterocycles. The number of hydrogen-bond donors (Lipinski definition) is 1. The summed E-state index contributed by atoms with van der Waals surface area (Å²) >= 11 is 5.56. The Kier molecular flexibility index (Phi) is 7.80. The standard InChI is InChI=1S/C11H16ClN3O4/c1-2-17-3-4-18-5-6-19-10-8-13-9(7-14-10)11(12)15-16/h7-8,16H,2-6H2,1H3/b15-11-. The van der Waals surface area contributed by atoms with Gasteiger partial charge in [0.15, 0.2) is 5.17 Å². The predicted molar refractivity (Wildman–Crippen MR) is 69.0 cm³/mol. The van der Waals surface area contributed by atoms with Gasteiger partial charge in [0, 0.05) is 6.61 Å². The van der Waals surface area contributed by atoms with E-state index in [9.17, 15) is 0 Å². The number of hydrogen-bond acceptors (Lipinski definition) is 7. The quantitative estimate of drug-likeness (QED) is 0.319. The first kappa shape index (κ1) is 15.6. The van der Waals surface area contributed by atoms with E-state index in [4.69, 9.17) is 31.0 Å². The Hall–Kier alpha value is -1.44. The highest BCUT2D eigenvalue weighted by Gasteiger charge is 2.03. The minimum atomic E-state index is -0.127. The number of rotatable bonds is 9. The van der Waals surface area contributed by atoms with Crippen LogP contribution in [0.25, 0.3) is 0 Å². The molecule has 0 fully saturated rings. The van der Waals surface area contributed by atoms with Crippen molar-refractivity contribution in [3.63, 3.8) is 0 Å². The van der Waals surface area contributed by atoms with Crippen molar-refractivity contribution in [1.29, 1.82) is 0 Å². The van der Waals surface area contributed by atoms with Gasteiger partial charge in [0.2, 0.25) is 5.88 Å². The first-order valence-electron chi connectivity index (χ1n) is 5.76. The van der Waals surface area contributed by atoms with Crippen LogP contribution in [0.1, 0.15) is 12.6 Å². The van der Waals surface area contributed by atoms with Crippen molar-refractivity contribution in [2.24, 2.45) is 5.16 Å². The lowest BCUT2D eigenvalue weighted by Crippen LogP contribution is -2.11. The molecular formula is C11H16ClN3O4. The van der Waals surface area contributed by atoms with Crippen LogP contribution in [0, 0.1) is 0 Å². The average molecular weight is 290 g/mol. The lowest BCUT2D eigenvalue weighted by Gasteiger charge is -2.06. The fourth-order valence-electron chi connectivity index (χ4n) is 1.12.